The number of fused-ring (bicyclic) bond motifs is 1. The van der Waals surface area contributed by atoms with Gasteiger partial charge in [-0.3, -0.25) is 9.52 Å². The van der Waals surface area contributed by atoms with Crippen LogP contribution in [0.25, 0.3) is 0 Å². The molecular formula is C22H26N2O4S. The molecule has 0 atom stereocenters. The van der Waals surface area contributed by atoms with E-state index in [2.05, 4.69) is 11.3 Å². The maximum absolute atomic E-state index is 13.0. The Kier molecular flexibility index (Phi) is 5.45. The summed E-state index contributed by atoms with van der Waals surface area (Å²) < 4.78 is 34.1. The molecule has 3 rings (SSSR count). The maximum atomic E-state index is 13.0. The SMILES string of the molecule is C=CCN1C(=O)C(C)(C)COc2ccc(NS(=O)(=O)c3ccc(C)c(C)c3)cc21. The number of hydrogen-bond donors (Lipinski definition) is 1. The number of carbonyl (C=O) groups excluding carboxylic acids is 1. The van der Waals surface area contributed by atoms with Crippen molar-refractivity contribution in [2.24, 2.45) is 5.41 Å². The second-order valence-electron chi connectivity index (χ2n) is 7.91. The molecule has 0 saturated carbocycles. The molecule has 1 heterocycles. The summed E-state index contributed by atoms with van der Waals surface area (Å²) in [6.07, 6.45) is 1.63. The van der Waals surface area contributed by atoms with Crippen molar-refractivity contribution in [3.63, 3.8) is 0 Å². The lowest BCUT2D eigenvalue weighted by Gasteiger charge is -2.27. The molecule has 1 aliphatic heterocycles. The van der Waals surface area contributed by atoms with E-state index in [0.717, 1.165) is 11.1 Å². The Balaban J connectivity index is 1.99. The minimum absolute atomic E-state index is 0.106. The number of nitrogens with one attached hydrogen (secondary N) is 1. The van der Waals surface area contributed by atoms with E-state index in [4.69, 9.17) is 4.74 Å². The van der Waals surface area contributed by atoms with E-state index in [1.165, 1.54) is 0 Å². The van der Waals surface area contributed by atoms with E-state index in [0.29, 0.717) is 23.7 Å². The van der Waals surface area contributed by atoms with Crippen LogP contribution in [0.2, 0.25) is 0 Å². The molecule has 2 aromatic rings. The van der Waals surface area contributed by atoms with Crippen LogP contribution in [-0.2, 0) is 14.8 Å². The molecule has 0 spiro atoms. The second-order valence-corrected chi connectivity index (χ2v) is 9.59. The molecule has 0 aliphatic carbocycles. The fourth-order valence-electron chi connectivity index (χ4n) is 3.11. The smallest absolute Gasteiger partial charge is 0.261 e. The lowest BCUT2D eigenvalue weighted by Crippen LogP contribution is -2.42. The number of anilines is 2. The van der Waals surface area contributed by atoms with Crippen LogP contribution in [0.1, 0.15) is 25.0 Å². The molecule has 0 unspecified atom stereocenters. The molecule has 0 aromatic heterocycles. The van der Waals surface area contributed by atoms with Crippen molar-refractivity contribution >= 4 is 27.3 Å². The number of aryl methyl sites for hydroxylation is 2. The van der Waals surface area contributed by atoms with Crippen molar-refractivity contribution in [1.82, 2.24) is 0 Å². The summed E-state index contributed by atoms with van der Waals surface area (Å²) in [5.41, 5.74) is 2.08. The predicted molar refractivity (Wildman–Crippen MR) is 115 cm³/mol. The van der Waals surface area contributed by atoms with Crippen LogP contribution >= 0.6 is 0 Å². The molecule has 6 nitrogen and oxygen atoms in total. The van der Waals surface area contributed by atoms with Gasteiger partial charge in [-0.05, 0) is 69.2 Å². The minimum Gasteiger partial charge on any atom is -0.490 e. The van der Waals surface area contributed by atoms with Crippen molar-refractivity contribution in [3.8, 4) is 5.75 Å². The normalized spacial score (nSPS) is 15.9. The maximum Gasteiger partial charge on any atom is 0.261 e. The fourth-order valence-corrected chi connectivity index (χ4v) is 4.25. The van der Waals surface area contributed by atoms with Gasteiger partial charge >= 0.3 is 0 Å². The van der Waals surface area contributed by atoms with E-state index in [9.17, 15) is 13.2 Å². The Morgan fingerprint density at radius 2 is 1.90 bits per heavy atom. The number of nitrogens with zero attached hydrogens (tertiary/aromatic N) is 1. The Morgan fingerprint density at radius 1 is 1.17 bits per heavy atom. The second kappa shape index (κ2) is 7.55. The summed E-state index contributed by atoms with van der Waals surface area (Å²) in [6.45, 7) is 11.7. The number of sulfonamides is 1. The summed E-state index contributed by atoms with van der Waals surface area (Å²) in [4.78, 5) is 14.7. The van der Waals surface area contributed by atoms with Gasteiger partial charge in [-0.15, -0.1) is 6.58 Å². The molecule has 0 saturated heterocycles. The van der Waals surface area contributed by atoms with Crippen LogP contribution < -0.4 is 14.4 Å². The first-order chi connectivity index (χ1) is 13.5. The average molecular weight is 415 g/mol. The number of carbonyl (C=O) groups is 1. The molecule has 2 aromatic carbocycles. The molecule has 1 N–H and O–H groups in total. The van der Waals surface area contributed by atoms with Gasteiger partial charge in [0.1, 0.15) is 12.4 Å². The zero-order valence-electron chi connectivity index (χ0n) is 17.2. The first-order valence-electron chi connectivity index (χ1n) is 9.35. The largest absolute Gasteiger partial charge is 0.490 e. The first kappa shape index (κ1) is 20.9. The van der Waals surface area contributed by atoms with Crippen LogP contribution in [0.4, 0.5) is 11.4 Å². The van der Waals surface area contributed by atoms with Gasteiger partial charge in [0.05, 0.1) is 21.7 Å². The van der Waals surface area contributed by atoms with Gasteiger partial charge in [0.2, 0.25) is 5.91 Å². The summed E-state index contributed by atoms with van der Waals surface area (Å²) in [7, 11) is -3.77. The van der Waals surface area contributed by atoms with Gasteiger partial charge in [-0.2, -0.15) is 0 Å². The zero-order chi connectivity index (χ0) is 21.4. The van der Waals surface area contributed by atoms with Gasteiger partial charge in [0, 0.05) is 6.54 Å². The fraction of sp³-hybridized carbons (Fsp3) is 0.318. The zero-order valence-corrected chi connectivity index (χ0v) is 18.0. The van der Waals surface area contributed by atoms with Gasteiger partial charge in [0.25, 0.3) is 10.0 Å². The topological polar surface area (TPSA) is 75.7 Å². The van der Waals surface area contributed by atoms with Crippen LogP contribution in [0.3, 0.4) is 0 Å². The molecular weight excluding hydrogens is 388 g/mol. The minimum atomic E-state index is -3.77. The van der Waals surface area contributed by atoms with Crippen LogP contribution in [-0.4, -0.2) is 27.5 Å². The molecule has 1 amide bonds. The summed E-state index contributed by atoms with van der Waals surface area (Å²) in [5, 5.41) is 0. The highest BCUT2D eigenvalue weighted by molar-refractivity contribution is 7.92. The van der Waals surface area contributed by atoms with Gasteiger partial charge in [-0.25, -0.2) is 8.42 Å². The van der Waals surface area contributed by atoms with Gasteiger partial charge in [0.15, 0.2) is 0 Å². The predicted octanol–water partition coefficient (Wildman–Crippen LogP) is 4.04. The Labute approximate surface area is 172 Å². The monoisotopic (exact) mass is 414 g/mol. The van der Waals surface area contributed by atoms with E-state index in [1.807, 2.05) is 27.7 Å². The highest BCUT2D eigenvalue weighted by Crippen LogP contribution is 2.38. The molecule has 0 radical (unpaired) electrons. The standard InChI is InChI=1S/C22H26N2O4S/c1-6-11-24-19-13-17(8-10-20(19)28-14-22(4,5)21(24)25)23-29(26,27)18-9-7-15(2)16(3)12-18/h6-10,12-13,23H,1,11,14H2,2-5H3. The molecule has 0 bridgehead atoms. The average Bonchev–Trinajstić information content (AvgIpc) is 2.74. The number of ether oxygens (including phenoxy) is 1. The Morgan fingerprint density at radius 3 is 2.55 bits per heavy atom. The van der Waals surface area contributed by atoms with Crippen molar-refractivity contribution in [2.75, 3.05) is 22.8 Å². The van der Waals surface area contributed by atoms with Gasteiger partial charge in [-0.1, -0.05) is 12.1 Å². The lowest BCUT2D eigenvalue weighted by molar-refractivity contribution is -0.127. The quantitative estimate of drug-likeness (QED) is 0.749. The number of rotatable bonds is 5. The summed E-state index contributed by atoms with van der Waals surface area (Å²) >= 11 is 0. The highest BCUT2D eigenvalue weighted by atomic mass is 32.2. The summed E-state index contributed by atoms with van der Waals surface area (Å²) in [6, 6.07) is 9.93. The van der Waals surface area contributed by atoms with Crippen molar-refractivity contribution in [1.29, 1.82) is 0 Å². The van der Waals surface area contributed by atoms with Crippen LogP contribution in [0.5, 0.6) is 5.75 Å². The van der Waals surface area contributed by atoms with E-state index in [1.54, 1.807) is 47.4 Å². The Hall–Kier alpha value is -2.80. The Bertz CT molecular complexity index is 1070. The molecule has 1 aliphatic rings. The molecule has 154 valence electrons. The lowest BCUT2D eigenvalue weighted by atomic mass is 9.93. The van der Waals surface area contributed by atoms with Crippen molar-refractivity contribution < 1.29 is 17.9 Å². The highest BCUT2D eigenvalue weighted by Gasteiger charge is 2.37. The molecule has 7 heteroatoms. The number of benzene rings is 2. The number of hydrogen-bond acceptors (Lipinski definition) is 4. The van der Waals surface area contributed by atoms with Crippen LogP contribution in [0.15, 0.2) is 53.9 Å². The summed E-state index contributed by atoms with van der Waals surface area (Å²) in [5.74, 6) is 0.421. The van der Waals surface area contributed by atoms with E-state index in [-0.39, 0.29) is 17.4 Å². The van der Waals surface area contributed by atoms with Crippen LogP contribution in [0, 0.1) is 19.3 Å². The molecule has 29 heavy (non-hydrogen) atoms. The third-order valence-corrected chi connectivity index (χ3v) is 6.39. The molecule has 0 fully saturated rings. The first-order valence-corrected chi connectivity index (χ1v) is 10.8. The van der Waals surface area contributed by atoms with E-state index < -0.39 is 15.4 Å². The third-order valence-electron chi connectivity index (χ3n) is 5.01. The third kappa shape index (κ3) is 4.15. The van der Waals surface area contributed by atoms with Crippen molar-refractivity contribution in [3.05, 3.63) is 60.2 Å². The number of amides is 1. The van der Waals surface area contributed by atoms with Crippen molar-refractivity contribution in [2.45, 2.75) is 32.6 Å². The van der Waals surface area contributed by atoms with E-state index >= 15 is 0 Å². The van der Waals surface area contributed by atoms with Gasteiger partial charge < -0.3 is 9.64 Å².